The number of benzene rings is 4. The van der Waals surface area contributed by atoms with Crippen molar-refractivity contribution in [3.63, 3.8) is 0 Å². The average Bonchev–Trinajstić information content (AvgIpc) is 2.85. The summed E-state index contributed by atoms with van der Waals surface area (Å²) in [6, 6.07) is 17.8. The van der Waals surface area contributed by atoms with E-state index in [0.717, 1.165) is 37.2 Å². The van der Waals surface area contributed by atoms with Gasteiger partial charge < -0.3 is 9.47 Å². The van der Waals surface area contributed by atoms with Gasteiger partial charge in [-0.25, -0.2) is 0 Å². The second kappa shape index (κ2) is 10.4. The van der Waals surface area contributed by atoms with Gasteiger partial charge in [-0.05, 0) is 98.2 Å². The number of ether oxygens (including phenoxy) is 2. The Morgan fingerprint density at radius 1 is 0.625 bits per heavy atom. The molecular weight excluding hydrogens is 488 g/mol. The molecular formula is C38H48O2. The number of hydrogen-bond acceptors (Lipinski definition) is 2. The first-order chi connectivity index (χ1) is 18.7. The monoisotopic (exact) mass is 536 g/mol. The van der Waals surface area contributed by atoms with Gasteiger partial charge in [0.1, 0.15) is 17.1 Å². The molecule has 0 aromatic heterocycles. The normalized spacial score (nSPS) is 13.7. The fraction of sp³-hybridized carbons (Fsp3) is 0.474. The van der Waals surface area contributed by atoms with Crippen molar-refractivity contribution >= 4 is 21.5 Å². The number of fused-ring (bicyclic) bond motifs is 4. The van der Waals surface area contributed by atoms with Crippen LogP contribution in [0.5, 0.6) is 11.5 Å². The lowest BCUT2D eigenvalue weighted by molar-refractivity contribution is 0.131. The summed E-state index contributed by atoms with van der Waals surface area (Å²) >= 11 is 0. The highest BCUT2D eigenvalue weighted by Crippen LogP contribution is 2.49. The Morgan fingerprint density at radius 3 is 1.62 bits per heavy atom. The van der Waals surface area contributed by atoms with Crippen molar-refractivity contribution in [3.8, 4) is 11.5 Å². The Labute approximate surface area is 242 Å². The van der Waals surface area contributed by atoms with Crippen LogP contribution in [0.4, 0.5) is 0 Å². The van der Waals surface area contributed by atoms with Gasteiger partial charge in [-0.3, -0.25) is 0 Å². The molecule has 4 aromatic carbocycles. The third kappa shape index (κ3) is 5.60. The second-order valence-corrected chi connectivity index (χ2v) is 14.7. The average molecular weight is 537 g/mol. The second-order valence-electron chi connectivity index (χ2n) is 14.7. The molecule has 0 radical (unpaired) electrons. The first kappa shape index (κ1) is 28.5. The lowest BCUT2D eigenvalue weighted by atomic mass is 9.74. The molecule has 0 saturated heterocycles. The van der Waals surface area contributed by atoms with Crippen molar-refractivity contribution in [3.05, 3.63) is 81.9 Å². The molecule has 0 heterocycles. The summed E-state index contributed by atoms with van der Waals surface area (Å²) in [4.78, 5) is 0. The number of rotatable bonds is 6. The van der Waals surface area contributed by atoms with Crippen LogP contribution in [0, 0.1) is 11.3 Å². The largest absolute Gasteiger partial charge is 0.490 e. The molecule has 0 atom stereocenters. The van der Waals surface area contributed by atoms with E-state index in [1.807, 2.05) is 0 Å². The van der Waals surface area contributed by atoms with Gasteiger partial charge in [0, 0.05) is 28.3 Å². The van der Waals surface area contributed by atoms with Gasteiger partial charge in [-0.15, -0.1) is 0 Å². The van der Waals surface area contributed by atoms with Crippen LogP contribution in [0.2, 0.25) is 0 Å². The summed E-state index contributed by atoms with van der Waals surface area (Å²) in [6.45, 7) is 22.5. The van der Waals surface area contributed by atoms with E-state index >= 15 is 0 Å². The van der Waals surface area contributed by atoms with Gasteiger partial charge in [0.25, 0.3) is 0 Å². The molecule has 0 aliphatic heterocycles. The predicted octanol–water partition coefficient (Wildman–Crippen LogP) is 10.2. The molecule has 40 heavy (non-hydrogen) atoms. The third-order valence-electron chi connectivity index (χ3n) is 7.79. The molecule has 0 amide bonds. The van der Waals surface area contributed by atoms with Crippen molar-refractivity contribution in [2.24, 2.45) is 11.3 Å². The highest BCUT2D eigenvalue weighted by molar-refractivity contribution is 5.97. The molecule has 1 aliphatic carbocycles. The molecule has 0 spiro atoms. The molecule has 0 saturated carbocycles. The lowest BCUT2D eigenvalue weighted by Gasteiger charge is -2.34. The lowest BCUT2D eigenvalue weighted by Crippen LogP contribution is -2.26. The molecule has 0 fully saturated rings. The van der Waals surface area contributed by atoms with E-state index < -0.39 is 0 Å². The fourth-order valence-electron chi connectivity index (χ4n) is 6.50. The molecule has 0 N–H and O–H groups in total. The molecule has 2 nitrogen and oxygen atoms in total. The Kier molecular flexibility index (Phi) is 7.44. The Bertz CT molecular complexity index is 1440. The van der Waals surface area contributed by atoms with E-state index in [-0.39, 0.29) is 17.1 Å². The highest BCUT2D eigenvalue weighted by atomic mass is 16.5. The summed E-state index contributed by atoms with van der Waals surface area (Å²) in [5.41, 5.74) is 8.50. The summed E-state index contributed by atoms with van der Waals surface area (Å²) in [7, 11) is 0. The van der Waals surface area contributed by atoms with Crippen molar-refractivity contribution in [2.75, 3.05) is 0 Å². The summed E-state index contributed by atoms with van der Waals surface area (Å²) < 4.78 is 13.6. The van der Waals surface area contributed by atoms with E-state index in [9.17, 15) is 0 Å². The van der Waals surface area contributed by atoms with E-state index in [4.69, 9.17) is 9.47 Å². The van der Waals surface area contributed by atoms with Crippen molar-refractivity contribution in [1.82, 2.24) is 0 Å². The van der Waals surface area contributed by atoms with Gasteiger partial charge in [0.15, 0.2) is 0 Å². The molecule has 212 valence electrons. The maximum Gasteiger partial charge on any atom is 0.131 e. The Morgan fingerprint density at radius 2 is 1.10 bits per heavy atom. The van der Waals surface area contributed by atoms with E-state index in [1.165, 1.54) is 54.9 Å². The van der Waals surface area contributed by atoms with Gasteiger partial charge in [-0.1, -0.05) is 83.1 Å². The van der Waals surface area contributed by atoms with Crippen molar-refractivity contribution in [2.45, 2.75) is 107 Å². The smallest absolute Gasteiger partial charge is 0.131 e. The minimum absolute atomic E-state index is 0.0979. The van der Waals surface area contributed by atoms with Gasteiger partial charge in [-0.2, -0.15) is 0 Å². The predicted molar refractivity (Wildman–Crippen MR) is 171 cm³/mol. The Balaban J connectivity index is 1.89. The van der Waals surface area contributed by atoms with Crippen LogP contribution in [0.25, 0.3) is 21.5 Å². The maximum atomic E-state index is 6.87. The maximum absolute atomic E-state index is 6.87. The molecule has 5 rings (SSSR count). The molecule has 0 bridgehead atoms. The molecule has 0 unspecified atom stereocenters. The van der Waals surface area contributed by atoms with Crippen molar-refractivity contribution < 1.29 is 9.47 Å². The van der Waals surface area contributed by atoms with Crippen LogP contribution >= 0.6 is 0 Å². The van der Waals surface area contributed by atoms with Crippen molar-refractivity contribution in [1.29, 1.82) is 0 Å². The zero-order valence-corrected chi connectivity index (χ0v) is 26.4. The minimum atomic E-state index is -0.297. The first-order valence-electron chi connectivity index (χ1n) is 15.2. The van der Waals surface area contributed by atoms with Crippen LogP contribution in [-0.2, 0) is 25.7 Å². The van der Waals surface area contributed by atoms with Crippen LogP contribution in [0.15, 0.2) is 48.5 Å². The van der Waals surface area contributed by atoms with Crippen LogP contribution in [0.3, 0.4) is 0 Å². The topological polar surface area (TPSA) is 18.5 Å². The zero-order valence-electron chi connectivity index (χ0n) is 26.4. The van der Waals surface area contributed by atoms with E-state index in [2.05, 4.69) is 118 Å². The zero-order chi connectivity index (χ0) is 29.0. The summed E-state index contributed by atoms with van der Waals surface area (Å²) in [6.07, 6.45) is 3.94. The van der Waals surface area contributed by atoms with E-state index in [1.54, 1.807) is 0 Å². The quantitative estimate of drug-likeness (QED) is 0.215. The first-order valence-corrected chi connectivity index (χ1v) is 15.2. The SMILES string of the molecule is CC(C)Cc1c2c(c(OC(C)(C)C)c3ccccc13)Cc1c(c(CC(C)(C)C)c3ccccc3c1OC(C)C)C2. The van der Waals surface area contributed by atoms with Crippen LogP contribution < -0.4 is 9.47 Å². The fourth-order valence-corrected chi connectivity index (χ4v) is 6.50. The van der Waals surface area contributed by atoms with Gasteiger partial charge >= 0.3 is 0 Å². The van der Waals surface area contributed by atoms with E-state index in [0.29, 0.717) is 5.92 Å². The molecule has 4 aromatic rings. The van der Waals surface area contributed by atoms with Gasteiger partial charge in [0.05, 0.1) is 6.10 Å². The van der Waals surface area contributed by atoms with Gasteiger partial charge in [0.2, 0.25) is 0 Å². The summed E-state index contributed by atoms with van der Waals surface area (Å²) in [5, 5.41) is 5.15. The Hall–Kier alpha value is -3.00. The number of hydrogen-bond donors (Lipinski definition) is 0. The van der Waals surface area contributed by atoms with Crippen LogP contribution in [0.1, 0.15) is 103 Å². The standard InChI is InChI=1S/C38H48O2/c1-23(2)19-29-25-15-11-14-18-28(25)36(40-38(8,9)10)33-21-32-31(20-30(29)33)34(22-37(5,6)7)26-16-12-13-17-27(26)35(32)39-24(3)4/h11-18,23-24H,19-22H2,1-10H3. The third-order valence-corrected chi connectivity index (χ3v) is 7.79. The molecule has 2 heteroatoms. The minimum Gasteiger partial charge on any atom is -0.490 e. The highest BCUT2D eigenvalue weighted by Gasteiger charge is 2.33. The van der Waals surface area contributed by atoms with Crippen LogP contribution in [-0.4, -0.2) is 11.7 Å². The summed E-state index contributed by atoms with van der Waals surface area (Å²) in [5.74, 6) is 2.68. The molecule has 1 aliphatic rings.